The van der Waals surface area contributed by atoms with E-state index in [0.29, 0.717) is 17.9 Å². The van der Waals surface area contributed by atoms with Crippen molar-refractivity contribution in [1.82, 2.24) is 15.5 Å². The molecule has 0 spiro atoms. The Hall–Kier alpha value is -2.57. The Kier molecular flexibility index (Phi) is 2.79. The number of hydrogen-bond acceptors (Lipinski definition) is 6. The van der Waals surface area contributed by atoms with Gasteiger partial charge in [-0.25, -0.2) is 0 Å². The summed E-state index contributed by atoms with van der Waals surface area (Å²) in [6, 6.07) is 5.58. The van der Waals surface area contributed by atoms with Crippen LogP contribution in [-0.2, 0) is 0 Å². The van der Waals surface area contributed by atoms with E-state index in [1.165, 1.54) is 7.05 Å². The summed E-state index contributed by atoms with van der Waals surface area (Å²) >= 11 is 0. The minimum atomic E-state index is -0.390. The fourth-order valence-electron chi connectivity index (χ4n) is 1.88. The van der Waals surface area contributed by atoms with Crippen molar-refractivity contribution >= 4 is 11.6 Å². The van der Waals surface area contributed by atoms with Crippen LogP contribution in [0.25, 0.3) is 11.5 Å². The number of anilines is 1. The Balaban J connectivity index is 2.02. The molecule has 0 fully saturated rings. The van der Waals surface area contributed by atoms with E-state index in [-0.39, 0.29) is 17.6 Å². The van der Waals surface area contributed by atoms with Gasteiger partial charge in [-0.15, -0.1) is 0 Å². The molecule has 2 heterocycles. The molecule has 1 aliphatic rings. The van der Waals surface area contributed by atoms with Gasteiger partial charge in [0, 0.05) is 13.6 Å². The lowest BCUT2D eigenvalue weighted by molar-refractivity contribution is 0.0950. The van der Waals surface area contributed by atoms with Gasteiger partial charge in [-0.1, -0.05) is 11.2 Å². The number of nitrogens with zero attached hydrogens (tertiary/aromatic N) is 2. The van der Waals surface area contributed by atoms with Crippen LogP contribution in [0.3, 0.4) is 0 Å². The van der Waals surface area contributed by atoms with Crippen LogP contribution in [0.2, 0.25) is 0 Å². The number of carbonyl (C=O) groups excluding carboxylic acids is 1. The Morgan fingerprint density at radius 1 is 1.47 bits per heavy atom. The maximum Gasteiger partial charge on any atom is 0.292 e. The smallest absolute Gasteiger partial charge is 0.292 e. The van der Waals surface area contributed by atoms with Gasteiger partial charge in [0.25, 0.3) is 17.6 Å². The molecule has 0 saturated carbocycles. The molecule has 0 radical (unpaired) electrons. The summed E-state index contributed by atoms with van der Waals surface area (Å²) in [6.07, 6.45) is 0. The fraction of sp³-hybridized carbons (Fsp3) is 0.250. The SMILES string of the molecule is CNC(=O)c1noc(-c2cccc3c2OCCN3)n1. The van der Waals surface area contributed by atoms with Crippen LogP contribution in [0.15, 0.2) is 22.7 Å². The van der Waals surface area contributed by atoms with Crippen molar-refractivity contribution in [2.45, 2.75) is 0 Å². The molecule has 7 nitrogen and oxygen atoms in total. The number of carbonyl (C=O) groups is 1. The topological polar surface area (TPSA) is 89.3 Å². The first-order chi connectivity index (χ1) is 9.29. The molecule has 0 aliphatic carbocycles. The van der Waals surface area contributed by atoms with E-state index in [9.17, 15) is 4.79 Å². The first-order valence-electron chi connectivity index (χ1n) is 5.85. The average molecular weight is 260 g/mol. The van der Waals surface area contributed by atoms with Crippen LogP contribution < -0.4 is 15.4 Å². The quantitative estimate of drug-likeness (QED) is 0.834. The fourth-order valence-corrected chi connectivity index (χ4v) is 1.88. The zero-order valence-electron chi connectivity index (χ0n) is 10.3. The Labute approximate surface area is 109 Å². The monoisotopic (exact) mass is 260 g/mol. The Morgan fingerprint density at radius 3 is 3.21 bits per heavy atom. The summed E-state index contributed by atoms with van der Waals surface area (Å²) in [7, 11) is 1.51. The maximum atomic E-state index is 11.4. The van der Waals surface area contributed by atoms with Crippen molar-refractivity contribution < 1.29 is 14.1 Å². The lowest BCUT2D eigenvalue weighted by atomic mass is 10.1. The van der Waals surface area contributed by atoms with Crippen LogP contribution >= 0.6 is 0 Å². The highest BCUT2D eigenvalue weighted by Gasteiger charge is 2.21. The minimum Gasteiger partial charge on any atom is -0.489 e. The van der Waals surface area contributed by atoms with Gasteiger partial charge >= 0.3 is 0 Å². The lowest BCUT2D eigenvalue weighted by Crippen LogP contribution is -2.19. The van der Waals surface area contributed by atoms with Crippen molar-refractivity contribution in [2.75, 3.05) is 25.5 Å². The average Bonchev–Trinajstić information content (AvgIpc) is 2.95. The van der Waals surface area contributed by atoms with E-state index in [1.807, 2.05) is 18.2 Å². The zero-order valence-corrected chi connectivity index (χ0v) is 10.3. The van der Waals surface area contributed by atoms with Gasteiger partial charge in [0.1, 0.15) is 6.61 Å². The molecule has 1 aromatic heterocycles. The van der Waals surface area contributed by atoms with Gasteiger partial charge in [0.2, 0.25) is 0 Å². The van der Waals surface area contributed by atoms with Gasteiger partial charge in [0.05, 0.1) is 11.3 Å². The molecule has 1 aliphatic heterocycles. The standard InChI is InChI=1S/C12H12N4O3/c1-13-11(17)10-15-12(19-16-10)7-3-2-4-8-9(7)18-6-5-14-8/h2-4,14H,5-6H2,1H3,(H,13,17). The first kappa shape index (κ1) is 11.5. The molecule has 0 saturated heterocycles. The number of hydrogen-bond donors (Lipinski definition) is 2. The van der Waals surface area contributed by atoms with Crippen LogP contribution in [0, 0.1) is 0 Å². The second kappa shape index (κ2) is 4.60. The first-order valence-corrected chi connectivity index (χ1v) is 5.85. The van der Waals surface area contributed by atoms with Gasteiger partial charge in [-0.2, -0.15) is 4.98 Å². The van der Waals surface area contributed by atoms with Gasteiger partial charge < -0.3 is 19.9 Å². The van der Waals surface area contributed by atoms with Crippen molar-refractivity contribution in [3.8, 4) is 17.2 Å². The molecule has 0 bridgehead atoms. The molecule has 0 unspecified atom stereocenters. The maximum absolute atomic E-state index is 11.4. The number of benzene rings is 1. The molecule has 98 valence electrons. The summed E-state index contributed by atoms with van der Waals surface area (Å²) in [5.41, 5.74) is 1.55. The molecule has 1 amide bonds. The highest BCUT2D eigenvalue weighted by Crippen LogP contribution is 2.37. The molecular weight excluding hydrogens is 248 g/mol. The lowest BCUT2D eigenvalue weighted by Gasteiger charge is -2.20. The van der Waals surface area contributed by atoms with E-state index in [4.69, 9.17) is 9.26 Å². The third-order valence-corrected chi connectivity index (χ3v) is 2.77. The molecule has 3 rings (SSSR count). The Morgan fingerprint density at radius 2 is 2.37 bits per heavy atom. The highest BCUT2D eigenvalue weighted by atomic mass is 16.5. The van der Waals surface area contributed by atoms with Crippen molar-refractivity contribution in [3.05, 3.63) is 24.0 Å². The molecule has 1 aromatic carbocycles. The number of aromatic nitrogens is 2. The summed E-state index contributed by atoms with van der Waals surface area (Å²) in [5.74, 6) is 0.540. The number of fused-ring (bicyclic) bond motifs is 1. The third kappa shape index (κ3) is 1.99. The van der Waals surface area contributed by atoms with Crippen LogP contribution in [0.1, 0.15) is 10.6 Å². The van der Waals surface area contributed by atoms with E-state index >= 15 is 0 Å². The zero-order chi connectivity index (χ0) is 13.2. The minimum absolute atomic E-state index is 0.00104. The second-order valence-electron chi connectivity index (χ2n) is 3.96. The summed E-state index contributed by atoms with van der Waals surface area (Å²) in [5, 5.41) is 9.30. The summed E-state index contributed by atoms with van der Waals surface area (Å²) in [6.45, 7) is 1.32. The van der Waals surface area contributed by atoms with Gasteiger partial charge in [-0.3, -0.25) is 4.79 Å². The molecular formula is C12H12N4O3. The number of para-hydroxylation sites is 1. The molecule has 7 heteroatoms. The van der Waals surface area contributed by atoms with Crippen LogP contribution in [-0.4, -0.2) is 36.2 Å². The van der Waals surface area contributed by atoms with Crippen molar-refractivity contribution in [1.29, 1.82) is 0 Å². The van der Waals surface area contributed by atoms with Gasteiger partial charge in [-0.05, 0) is 12.1 Å². The van der Waals surface area contributed by atoms with E-state index < -0.39 is 0 Å². The van der Waals surface area contributed by atoms with Crippen LogP contribution in [0.4, 0.5) is 5.69 Å². The molecule has 0 atom stereocenters. The number of rotatable bonds is 2. The van der Waals surface area contributed by atoms with Crippen molar-refractivity contribution in [3.63, 3.8) is 0 Å². The van der Waals surface area contributed by atoms with E-state index in [1.54, 1.807) is 0 Å². The largest absolute Gasteiger partial charge is 0.489 e. The normalized spacial score (nSPS) is 13.1. The third-order valence-electron chi connectivity index (χ3n) is 2.77. The van der Waals surface area contributed by atoms with Crippen LogP contribution in [0.5, 0.6) is 5.75 Å². The summed E-state index contributed by atoms with van der Waals surface area (Å²) < 4.78 is 10.7. The molecule has 2 N–H and O–H groups in total. The highest BCUT2D eigenvalue weighted by molar-refractivity contribution is 5.90. The molecule has 2 aromatic rings. The number of nitrogens with one attached hydrogen (secondary N) is 2. The summed E-state index contributed by atoms with van der Waals surface area (Å²) in [4.78, 5) is 15.5. The molecule has 19 heavy (non-hydrogen) atoms. The second-order valence-corrected chi connectivity index (χ2v) is 3.96. The predicted octanol–water partition coefficient (Wildman–Crippen LogP) is 0.900. The van der Waals surface area contributed by atoms with Gasteiger partial charge in [0.15, 0.2) is 5.75 Å². The van der Waals surface area contributed by atoms with Crippen molar-refractivity contribution in [2.24, 2.45) is 0 Å². The Bertz CT molecular complexity index is 623. The van der Waals surface area contributed by atoms with E-state index in [2.05, 4.69) is 20.8 Å². The number of amides is 1. The van der Waals surface area contributed by atoms with E-state index in [0.717, 1.165) is 12.2 Å². The predicted molar refractivity (Wildman–Crippen MR) is 67.1 cm³/mol. The number of ether oxygens (including phenoxy) is 1.